The second-order valence-corrected chi connectivity index (χ2v) is 10.2. The molecule has 1 aliphatic heterocycles. The van der Waals surface area contributed by atoms with Crippen LogP contribution >= 0.6 is 39.1 Å². The molecule has 0 spiro atoms. The number of amides is 1. The molecule has 1 aromatic carbocycles. The van der Waals surface area contributed by atoms with E-state index in [-0.39, 0.29) is 40.0 Å². The first-order valence-corrected chi connectivity index (χ1v) is 11.4. The minimum atomic E-state index is -3.80. The molecule has 3 rings (SSSR count). The maximum atomic E-state index is 12.9. The van der Waals surface area contributed by atoms with Gasteiger partial charge in [0.1, 0.15) is 4.90 Å². The third kappa shape index (κ3) is 4.36. The summed E-state index contributed by atoms with van der Waals surface area (Å²) in [6.45, 7) is 3.37. The van der Waals surface area contributed by atoms with Crippen molar-refractivity contribution in [3.05, 3.63) is 26.7 Å². The Morgan fingerprint density at radius 2 is 1.73 bits per heavy atom. The van der Waals surface area contributed by atoms with E-state index in [9.17, 15) is 13.2 Å². The number of piperazine rings is 1. The number of rotatable bonds is 5. The topological polar surface area (TPSA) is 69.7 Å². The van der Waals surface area contributed by atoms with Gasteiger partial charge in [0.25, 0.3) is 0 Å². The lowest BCUT2D eigenvalue weighted by Crippen LogP contribution is -2.55. The number of carbonyl (C=O) groups is 1. The average molecular weight is 485 g/mol. The van der Waals surface area contributed by atoms with Crippen LogP contribution in [-0.4, -0.2) is 61.8 Å². The van der Waals surface area contributed by atoms with E-state index in [0.29, 0.717) is 23.6 Å². The number of hydrogen-bond acceptors (Lipinski definition) is 4. The smallest absolute Gasteiger partial charge is 0.246 e. The minimum Gasteiger partial charge on any atom is -0.352 e. The fraction of sp³-hybridized carbons (Fsp3) is 0.562. The molecule has 1 amide bonds. The molecule has 1 aromatic rings. The summed E-state index contributed by atoms with van der Waals surface area (Å²) in [6, 6.07) is 3.07. The van der Waals surface area contributed by atoms with Gasteiger partial charge in [0.15, 0.2) is 0 Å². The highest BCUT2D eigenvalue weighted by Gasteiger charge is 2.35. The third-order valence-corrected chi connectivity index (χ3v) is 7.96. The number of nitrogens with zero attached hydrogens (tertiary/aromatic N) is 2. The second-order valence-electron chi connectivity index (χ2n) is 6.60. The molecule has 1 N–H and O–H groups in total. The van der Waals surface area contributed by atoms with Gasteiger partial charge in [0.2, 0.25) is 15.9 Å². The maximum Gasteiger partial charge on any atom is 0.246 e. The predicted octanol–water partition coefficient (Wildman–Crippen LogP) is 2.73. The number of carbonyl (C=O) groups excluding carboxylic acids is 1. The predicted molar refractivity (Wildman–Crippen MR) is 105 cm³/mol. The van der Waals surface area contributed by atoms with Gasteiger partial charge in [-0.2, -0.15) is 4.31 Å². The van der Waals surface area contributed by atoms with Crippen LogP contribution in [0, 0.1) is 0 Å². The quantitative estimate of drug-likeness (QED) is 0.697. The molecule has 26 heavy (non-hydrogen) atoms. The molecular weight excluding hydrogens is 465 g/mol. The number of halogens is 3. The van der Waals surface area contributed by atoms with Gasteiger partial charge in [-0.15, -0.1) is 0 Å². The zero-order chi connectivity index (χ0) is 19.1. The molecule has 1 unspecified atom stereocenters. The molecule has 6 nitrogen and oxygen atoms in total. The molecule has 2 fully saturated rings. The summed E-state index contributed by atoms with van der Waals surface area (Å²) in [6.07, 6.45) is 2.08. The Labute approximate surface area is 172 Å². The molecule has 2 aliphatic rings. The van der Waals surface area contributed by atoms with Gasteiger partial charge in [0.05, 0.1) is 16.1 Å². The van der Waals surface area contributed by atoms with Crippen LogP contribution in [0.4, 0.5) is 0 Å². The van der Waals surface area contributed by atoms with E-state index >= 15 is 0 Å². The Hall–Kier alpha value is -0.380. The van der Waals surface area contributed by atoms with E-state index in [2.05, 4.69) is 21.2 Å². The van der Waals surface area contributed by atoms with Crippen LogP contribution in [0.1, 0.15) is 19.8 Å². The Balaban J connectivity index is 1.68. The monoisotopic (exact) mass is 483 g/mol. The summed E-state index contributed by atoms with van der Waals surface area (Å²) >= 11 is 15.5. The van der Waals surface area contributed by atoms with Crippen molar-refractivity contribution in [1.29, 1.82) is 0 Å². The van der Waals surface area contributed by atoms with Crippen molar-refractivity contribution >= 4 is 55.1 Å². The van der Waals surface area contributed by atoms with Gasteiger partial charge in [-0.1, -0.05) is 39.1 Å². The first kappa shape index (κ1) is 20.4. The van der Waals surface area contributed by atoms with Crippen molar-refractivity contribution < 1.29 is 13.2 Å². The molecule has 0 radical (unpaired) electrons. The first-order valence-electron chi connectivity index (χ1n) is 8.39. The van der Waals surface area contributed by atoms with Crippen LogP contribution in [0.2, 0.25) is 10.0 Å². The zero-order valence-corrected chi connectivity index (χ0v) is 18.1. The van der Waals surface area contributed by atoms with E-state index in [1.165, 1.54) is 16.4 Å². The van der Waals surface area contributed by atoms with Gasteiger partial charge in [-0.05, 0) is 31.9 Å². The van der Waals surface area contributed by atoms with E-state index in [1.807, 2.05) is 11.8 Å². The van der Waals surface area contributed by atoms with Gasteiger partial charge in [0, 0.05) is 36.7 Å². The van der Waals surface area contributed by atoms with Crippen LogP contribution in [0.3, 0.4) is 0 Å². The number of benzene rings is 1. The Bertz CT molecular complexity index is 786. The highest BCUT2D eigenvalue weighted by molar-refractivity contribution is 9.10. The summed E-state index contributed by atoms with van der Waals surface area (Å²) in [5.41, 5.74) is 0. The Morgan fingerprint density at radius 1 is 1.19 bits per heavy atom. The lowest BCUT2D eigenvalue weighted by molar-refractivity contribution is -0.126. The fourth-order valence-electron chi connectivity index (χ4n) is 2.95. The Morgan fingerprint density at radius 3 is 2.23 bits per heavy atom. The number of hydrogen-bond donors (Lipinski definition) is 1. The summed E-state index contributed by atoms with van der Waals surface area (Å²) < 4.78 is 27.9. The highest BCUT2D eigenvalue weighted by atomic mass is 79.9. The third-order valence-electron chi connectivity index (χ3n) is 4.69. The normalized spacial score (nSPS) is 20.8. The van der Waals surface area contributed by atoms with Crippen molar-refractivity contribution in [2.24, 2.45) is 0 Å². The molecule has 1 saturated carbocycles. The van der Waals surface area contributed by atoms with Crippen LogP contribution in [-0.2, 0) is 14.8 Å². The summed E-state index contributed by atoms with van der Waals surface area (Å²) in [5.74, 6) is 0.00260. The van der Waals surface area contributed by atoms with Gasteiger partial charge < -0.3 is 5.32 Å². The van der Waals surface area contributed by atoms with Gasteiger partial charge >= 0.3 is 0 Å². The van der Waals surface area contributed by atoms with Crippen LogP contribution in [0.25, 0.3) is 0 Å². The van der Waals surface area contributed by atoms with Crippen molar-refractivity contribution in [1.82, 2.24) is 14.5 Å². The molecule has 144 valence electrons. The zero-order valence-electron chi connectivity index (χ0n) is 14.2. The Kier molecular flexibility index (Phi) is 6.21. The van der Waals surface area contributed by atoms with E-state index in [1.54, 1.807) is 0 Å². The minimum absolute atomic E-state index is 0.00260. The SMILES string of the molecule is CC(C(=O)NC1CC1)N1CCN(S(=O)(=O)c2c(Cl)cc(Br)cc2Cl)CC1. The second kappa shape index (κ2) is 7.93. The number of sulfonamides is 1. The first-order chi connectivity index (χ1) is 12.2. The highest BCUT2D eigenvalue weighted by Crippen LogP contribution is 2.35. The molecule has 0 aromatic heterocycles. The van der Waals surface area contributed by atoms with Crippen molar-refractivity contribution in [3.8, 4) is 0 Å². The largest absolute Gasteiger partial charge is 0.352 e. The lowest BCUT2D eigenvalue weighted by atomic mass is 10.2. The molecule has 1 aliphatic carbocycles. The van der Waals surface area contributed by atoms with E-state index in [4.69, 9.17) is 23.2 Å². The molecular formula is C16H20BrCl2N3O3S. The molecule has 10 heteroatoms. The molecule has 1 heterocycles. The molecule has 0 bridgehead atoms. The van der Waals surface area contributed by atoms with Crippen molar-refractivity contribution in [2.75, 3.05) is 26.2 Å². The summed E-state index contributed by atoms with van der Waals surface area (Å²) in [4.78, 5) is 14.1. The summed E-state index contributed by atoms with van der Waals surface area (Å²) in [7, 11) is -3.80. The maximum absolute atomic E-state index is 12.9. The van der Waals surface area contributed by atoms with E-state index in [0.717, 1.165) is 12.8 Å². The van der Waals surface area contributed by atoms with Gasteiger partial charge in [-0.3, -0.25) is 9.69 Å². The molecule has 1 saturated heterocycles. The molecule has 1 atom stereocenters. The van der Waals surface area contributed by atoms with Gasteiger partial charge in [-0.25, -0.2) is 8.42 Å². The van der Waals surface area contributed by atoms with Crippen LogP contribution < -0.4 is 5.32 Å². The van der Waals surface area contributed by atoms with E-state index < -0.39 is 10.0 Å². The van der Waals surface area contributed by atoms with Crippen molar-refractivity contribution in [3.63, 3.8) is 0 Å². The summed E-state index contributed by atoms with van der Waals surface area (Å²) in [5, 5.41) is 3.16. The van der Waals surface area contributed by atoms with Crippen molar-refractivity contribution in [2.45, 2.75) is 36.7 Å². The fourth-order valence-corrected chi connectivity index (χ4v) is 6.26. The van der Waals surface area contributed by atoms with Crippen LogP contribution in [0.15, 0.2) is 21.5 Å². The lowest BCUT2D eigenvalue weighted by Gasteiger charge is -2.37. The van der Waals surface area contributed by atoms with Crippen LogP contribution in [0.5, 0.6) is 0 Å². The standard InChI is InChI=1S/C16H20BrCl2N3O3S/c1-10(16(23)20-12-2-3-12)21-4-6-22(7-5-21)26(24,25)15-13(18)8-11(17)9-14(15)19/h8-10,12H,2-7H2,1H3,(H,20,23). The number of nitrogens with one attached hydrogen (secondary N) is 1. The average Bonchev–Trinajstić information content (AvgIpc) is 3.37.